The molecular formula is C23H26N6OS2. The maximum atomic E-state index is 12.8. The second-order valence-corrected chi connectivity index (χ2v) is 9.78. The molecule has 7 nitrogen and oxygen atoms in total. The van der Waals surface area contributed by atoms with Gasteiger partial charge in [0, 0.05) is 11.1 Å². The summed E-state index contributed by atoms with van der Waals surface area (Å²) >= 11 is 2.71. The lowest BCUT2D eigenvalue weighted by Gasteiger charge is -2.26. The van der Waals surface area contributed by atoms with E-state index in [1.54, 1.807) is 0 Å². The molecule has 0 spiro atoms. The third-order valence-electron chi connectivity index (χ3n) is 5.47. The molecule has 0 radical (unpaired) electrons. The van der Waals surface area contributed by atoms with Gasteiger partial charge in [0.15, 0.2) is 16.9 Å². The van der Waals surface area contributed by atoms with Gasteiger partial charge in [-0.3, -0.25) is 9.69 Å². The zero-order valence-corrected chi connectivity index (χ0v) is 19.7. The summed E-state index contributed by atoms with van der Waals surface area (Å²) in [5.41, 5.74) is 1.99. The van der Waals surface area contributed by atoms with E-state index in [1.165, 1.54) is 42.4 Å². The van der Waals surface area contributed by atoms with Crippen LogP contribution < -0.4 is 0 Å². The number of benzene rings is 1. The van der Waals surface area contributed by atoms with Crippen molar-refractivity contribution in [2.75, 3.05) is 18.8 Å². The van der Waals surface area contributed by atoms with Crippen LogP contribution in [0.4, 0.5) is 0 Å². The molecule has 1 aromatic carbocycles. The number of aromatic nitrogens is 4. The fourth-order valence-corrected chi connectivity index (χ4v) is 5.50. The molecule has 1 unspecified atom stereocenters. The molecule has 0 bridgehead atoms. The number of piperidine rings is 1. The molecule has 2 aromatic heterocycles. The average molecular weight is 467 g/mol. The van der Waals surface area contributed by atoms with E-state index in [2.05, 4.69) is 42.9 Å². The lowest BCUT2D eigenvalue weighted by molar-refractivity contribution is -0.116. The van der Waals surface area contributed by atoms with Crippen molar-refractivity contribution < 1.29 is 4.79 Å². The Kier molecular flexibility index (Phi) is 7.68. The quantitative estimate of drug-likeness (QED) is 0.440. The second kappa shape index (κ2) is 10.9. The fraction of sp³-hybridized carbons (Fsp3) is 0.435. The van der Waals surface area contributed by atoms with E-state index in [0.29, 0.717) is 16.7 Å². The molecular weight excluding hydrogens is 440 g/mol. The molecule has 4 rings (SSSR count). The molecule has 0 N–H and O–H groups in total. The van der Waals surface area contributed by atoms with E-state index in [4.69, 9.17) is 0 Å². The van der Waals surface area contributed by atoms with Crippen molar-refractivity contribution in [3.05, 3.63) is 57.8 Å². The molecule has 32 heavy (non-hydrogen) atoms. The molecule has 166 valence electrons. The van der Waals surface area contributed by atoms with Crippen molar-refractivity contribution in [1.29, 1.82) is 5.26 Å². The normalized spacial score (nSPS) is 15.4. The van der Waals surface area contributed by atoms with Crippen molar-refractivity contribution in [1.82, 2.24) is 24.6 Å². The highest BCUT2D eigenvalue weighted by Gasteiger charge is 2.25. The van der Waals surface area contributed by atoms with Gasteiger partial charge in [0.25, 0.3) is 0 Å². The van der Waals surface area contributed by atoms with Crippen molar-refractivity contribution in [2.45, 2.75) is 50.4 Å². The Morgan fingerprint density at radius 1 is 1.19 bits per heavy atom. The van der Waals surface area contributed by atoms with Crippen LogP contribution in [-0.4, -0.2) is 49.3 Å². The summed E-state index contributed by atoms with van der Waals surface area (Å²) in [5.74, 6) is 0.0873. The summed E-state index contributed by atoms with van der Waals surface area (Å²) in [4.78, 5) is 19.6. The first-order valence-corrected chi connectivity index (χ1v) is 12.7. The summed E-state index contributed by atoms with van der Waals surface area (Å²) in [6.07, 6.45) is 3.72. The third-order valence-corrected chi connectivity index (χ3v) is 7.49. The van der Waals surface area contributed by atoms with E-state index in [1.807, 2.05) is 30.5 Å². The van der Waals surface area contributed by atoms with Gasteiger partial charge in [-0.15, -0.1) is 21.5 Å². The van der Waals surface area contributed by atoms with Crippen LogP contribution in [0.15, 0.2) is 40.9 Å². The first-order chi connectivity index (χ1) is 15.6. The SMILES string of the molecule is Cc1csc(C(C#N)C(=O)CSc2nnc(CN3CCCCC3)n2Cc2ccccc2)n1. The topological polar surface area (TPSA) is 87.7 Å². The Hall–Kier alpha value is -2.54. The molecule has 0 aliphatic carbocycles. The number of hydrogen-bond acceptors (Lipinski definition) is 8. The second-order valence-electron chi connectivity index (χ2n) is 7.95. The molecule has 0 amide bonds. The Labute approximate surface area is 196 Å². The smallest absolute Gasteiger partial charge is 0.191 e. The lowest BCUT2D eigenvalue weighted by Crippen LogP contribution is -2.30. The van der Waals surface area contributed by atoms with E-state index < -0.39 is 5.92 Å². The minimum Gasteiger partial charge on any atom is -0.300 e. The maximum absolute atomic E-state index is 12.8. The number of carbonyl (C=O) groups excluding carboxylic acids is 1. The van der Waals surface area contributed by atoms with E-state index in [0.717, 1.165) is 36.7 Å². The first-order valence-electron chi connectivity index (χ1n) is 10.8. The van der Waals surface area contributed by atoms with Crippen LogP contribution >= 0.6 is 23.1 Å². The average Bonchev–Trinajstić information content (AvgIpc) is 3.40. The van der Waals surface area contributed by atoms with Crippen LogP contribution in [-0.2, 0) is 17.9 Å². The third kappa shape index (κ3) is 5.63. The highest BCUT2D eigenvalue weighted by molar-refractivity contribution is 7.99. The molecule has 0 saturated carbocycles. The lowest BCUT2D eigenvalue weighted by atomic mass is 10.1. The number of nitriles is 1. The monoisotopic (exact) mass is 466 g/mol. The Bertz CT molecular complexity index is 1080. The molecule has 3 heterocycles. The fourth-order valence-electron chi connectivity index (χ4n) is 3.77. The predicted molar refractivity (Wildman–Crippen MR) is 126 cm³/mol. The van der Waals surface area contributed by atoms with Crippen molar-refractivity contribution in [3.8, 4) is 6.07 Å². The van der Waals surface area contributed by atoms with Gasteiger partial charge < -0.3 is 4.57 Å². The van der Waals surface area contributed by atoms with Crippen LogP contribution in [0.3, 0.4) is 0 Å². The molecule has 1 atom stereocenters. The van der Waals surface area contributed by atoms with Crippen LogP contribution in [0, 0.1) is 18.3 Å². The van der Waals surface area contributed by atoms with Gasteiger partial charge in [-0.2, -0.15) is 5.26 Å². The Morgan fingerprint density at radius 3 is 2.66 bits per heavy atom. The van der Waals surface area contributed by atoms with Crippen molar-refractivity contribution >= 4 is 28.9 Å². The highest BCUT2D eigenvalue weighted by atomic mass is 32.2. The van der Waals surface area contributed by atoms with Gasteiger partial charge in [-0.1, -0.05) is 48.5 Å². The number of aryl methyl sites for hydroxylation is 1. The Morgan fingerprint density at radius 2 is 1.97 bits per heavy atom. The summed E-state index contributed by atoms with van der Waals surface area (Å²) < 4.78 is 2.11. The van der Waals surface area contributed by atoms with Crippen LogP contribution in [0.25, 0.3) is 0 Å². The van der Waals surface area contributed by atoms with Gasteiger partial charge in [0.1, 0.15) is 10.8 Å². The number of hydrogen-bond donors (Lipinski definition) is 0. The summed E-state index contributed by atoms with van der Waals surface area (Å²) in [5, 5.41) is 21.6. The van der Waals surface area contributed by atoms with E-state index in [9.17, 15) is 10.1 Å². The number of thiazole rings is 1. The van der Waals surface area contributed by atoms with Gasteiger partial charge in [0.2, 0.25) is 0 Å². The standard InChI is InChI=1S/C23H26N6OS2/c1-17-15-31-22(25-17)19(12-24)20(30)16-32-23-27-26-21(14-28-10-6-3-7-11-28)29(23)13-18-8-4-2-5-9-18/h2,4-5,8-9,15,19H,3,6-7,10-11,13-14,16H2,1H3. The molecule has 1 aliphatic heterocycles. The zero-order valence-electron chi connectivity index (χ0n) is 18.1. The van der Waals surface area contributed by atoms with Gasteiger partial charge in [-0.25, -0.2) is 4.98 Å². The number of thioether (sulfide) groups is 1. The van der Waals surface area contributed by atoms with Crippen LogP contribution in [0.5, 0.6) is 0 Å². The van der Waals surface area contributed by atoms with E-state index in [-0.39, 0.29) is 11.5 Å². The molecule has 9 heteroatoms. The summed E-state index contributed by atoms with van der Waals surface area (Å²) in [6.45, 7) is 5.44. The van der Waals surface area contributed by atoms with Gasteiger partial charge >= 0.3 is 0 Å². The molecule has 1 aliphatic rings. The predicted octanol–water partition coefficient (Wildman–Crippen LogP) is 4.05. The number of nitrogens with zero attached hydrogens (tertiary/aromatic N) is 6. The largest absolute Gasteiger partial charge is 0.300 e. The van der Waals surface area contributed by atoms with Crippen molar-refractivity contribution in [2.24, 2.45) is 0 Å². The van der Waals surface area contributed by atoms with Crippen LogP contribution in [0.2, 0.25) is 0 Å². The first kappa shape index (κ1) is 22.6. The number of Topliss-reactive ketones (excluding diaryl/α,β-unsaturated/α-hetero) is 1. The zero-order chi connectivity index (χ0) is 22.3. The maximum Gasteiger partial charge on any atom is 0.191 e. The Balaban J connectivity index is 1.50. The summed E-state index contributed by atoms with van der Waals surface area (Å²) in [7, 11) is 0. The number of ketones is 1. The minimum atomic E-state index is -0.834. The minimum absolute atomic E-state index is 0.154. The van der Waals surface area contributed by atoms with Crippen molar-refractivity contribution in [3.63, 3.8) is 0 Å². The van der Waals surface area contributed by atoms with Gasteiger partial charge in [-0.05, 0) is 38.4 Å². The van der Waals surface area contributed by atoms with E-state index >= 15 is 0 Å². The number of carbonyl (C=O) groups is 1. The molecule has 1 fully saturated rings. The number of rotatable bonds is 9. The molecule has 1 saturated heterocycles. The molecule has 3 aromatic rings. The summed E-state index contributed by atoms with van der Waals surface area (Å²) in [6, 6.07) is 12.3. The number of likely N-dealkylation sites (tertiary alicyclic amines) is 1. The van der Waals surface area contributed by atoms with Crippen LogP contribution in [0.1, 0.15) is 47.3 Å². The van der Waals surface area contributed by atoms with Gasteiger partial charge in [0.05, 0.1) is 24.9 Å². The highest BCUT2D eigenvalue weighted by Crippen LogP contribution is 2.26.